The molecule has 0 saturated carbocycles. The standard InChI is InChI=1S/C27H32N6O10S2/c1-27(2)18(24(35)33(27)43-45(38,39)40)12-21(34)23(20-14-44-26(29)31-20)32-42-22(25(36)37)13-41-17-8-9-19-15(11-17)6-7-16(30-19)5-3-4-10-28/h6-9,11,14,18,22H,3-5,10,12-13,28H2,1-2H3,(H2,29,31)(H,36,37)(H,38,39,40)/b32-23-. The molecular formula is C27H32N6O10S2. The van der Waals surface area contributed by atoms with Gasteiger partial charge in [0.05, 0.1) is 17.0 Å². The number of ketones is 1. The summed E-state index contributed by atoms with van der Waals surface area (Å²) in [5.41, 5.74) is 11.2. The zero-order valence-electron chi connectivity index (χ0n) is 24.3. The quantitative estimate of drug-likeness (QED) is 0.0560. The van der Waals surface area contributed by atoms with Gasteiger partial charge in [-0.25, -0.2) is 9.78 Å². The maximum Gasteiger partial charge on any atom is 0.418 e. The summed E-state index contributed by atoms with van der Waals surface area (Å²) in [4.78, 5) is 51.7. The molecule has 3 heterocycles. The largest absolute Gasteiger partial charge is 0.489 e. The number of thiazole rings is 1. The number of nitrogen functional groups attached to an aromatic ring is 1. The number of hydroxylamine groups is 2. The number of rotatable bonds is 16. The maximum atomic E-state index is 13.3. The highest BCUT2D eigenvalue weighted by atomic mass is 32.3. The van der Waals surface area contributed by atoms with Crippen molar-refractivity contribution in [3.05, 3.63) is 47.1 Å². The first-order chi connectivity index (χ1) is 21.2. The van der Waals surface area contributed by atoms with Gasteiger partial charge in [-0.05, 0) is 63.9 Å². The van der Waals surface area contributed by atoms with E-state index in [4.69, 9.17) is 25.6 Å². The van der Waals surface area contributed by atoms with Crippen molar-refractivity contribution >= 4 is 61.1 Å². The SMILES string of the molecule is CC1(C)C(CC(=O)/C(=N\OC(COc2ccc3nc(CCCCN)ccc3c2)C(=O)O)c2csc(N)n2)C(=O)N1OS(=O)(=O)O. The average Bonchev–Trinajstić information content (AvgIpc) is 3.41. The number of nitrogens with two attached hydrogens (primary N) is 2. The van der Waals surface area contributed by atoms with Crippen molar-refractivity contribution in [2.75, 3.05) is 18.9 Å². The van der Waals surface area contributed by atoms with Crippen LogP contribution in [0.3, 0.4) is 0 Å². The predicted octanol–water partition coefficient (Wildman–Crippen LogP) is 1.74. The Bertz CT molecular complexity index is 1730. The summed E-state index contributed by atoms with van der Waals surface area (Å²) in [5.74, 6) is -3.80. The lowest BCUT2D eigenvalue weighted by Gasteiger charge is -2.50. The second-order valence-corrected chi connectivity index (χ2v) is 12.5. The number of aryl methyl sites for hydroxylation is 1. The Hall–Kier alpha value is -4.23. The summed E-state index contributed by atoms with van der Waals surface area (Å²) < 4.78 is 41.1. The molecule has 1 amide bonds. The van der Waals surface area contributed by atoms with Crippen LogP contribution < -0.4 is 16.2 Å². The number of oxime groups is 1. The minimum atomic E-state index is -4.99. The fourth-order valence-corrected chi connectivity index (χ4v) is 5.55. The summed E-state index contributed by atoms with van der Waals surface area (Å²) >= 11 is 0.988. The van der Waals surface area contributed by atoms with Gasteiger partial charge in [0, 0.05) is 22.9 Å². The molecular weight excluding hydrogens is 632 g/mol. The van der Waals surface area contributed by atoms with E-state index in [1.54, 1.807) is 18.2 Å². The number of fused-ring (bicyclic) bond motifs is 1. The predicted molar refractivity (Wildman–Crippen MR) is 161 cm³/mol. The fourth-order valence-electron chi connectivity index (χ4n) is 4.55. The van der Waals surface area contributed by atoms with Crippen molar-refractivity contribution in [3.63, 3.8) is 0 Å². The summed E-state index contributed by atoms with van der Waals surface area (Å²) in [6.45, 7) is 2.99. The number of aromatic nitrogens is 2. The van der Waals surface area contributed by atoms with Crippen molar-refractivity contribution in [2.24, 2.45) is 16.8 Å². The van der Waals surface area contributed by atoms with E-state index in [0.717, 1.165) is 47.2 Å². The molecule has 3 aromatic rings. The summed E-state index contributed by atoms with van der Waals surface area (Å²) in [5, 5.41) is 16.2. The molecule has 0 aliphatic carbocycles. The van der Waals surface area contributed by atoms with Gasteiger partial charge in [-0.15, -0.1) is 15.6 Å². The number of benzene rings is 1. The van der Waals surface area contributed by atoms with Crippen molar-refractivity contribution in [3.8, 4) is 5.75 Å². The first-order valence-electron chi connectivity index (χ1n) is 13.6. The summed E-state index contributed by atoms with van der Waals surface area (Å²) in [6, 6.07) is 8.89. The van der Waals surface area contributed by atoms with E-state index in [9.17, 15) is 27.9 Å². The topological polar surface area (TPSA) is 247 Å². The molecule has 0 bridgehead atoms. The highest BCUT2D eigenvalue weighted by molar-refractivity contribution is 7.80. The average molecular weight is 665 g/mol. The molecule has 16 nitrogen and oxygen atoms in total. The molecule has 0 spiro atoms. The molecule has 1 aromatic carbocycles. The summed E-state index contributed by atoms with van der Waals surface area (Å²) in [7, 11) is -4.99. The number of hydrogen-bond acceptors (Lipinski definition) is 14. The van der Waals surface area contributed by atoms with Crippen LogP contribution in [0.4, 0.5) is 5.13 Å². The zero-order valence-corrected chi connectivity index (χ0v) is 25.9. The lowest BCUT2D eigenvalue weighted by Crippen LogP contribution is -2.68. The van der Waals surface area contributed by atoms with Crippen LogP contribution in [0.2, 0.25) is 0 Å². The van der Waals surface area contributed by atoms with Crippen LogP contribution in [0, 0.1) is 5.92 Å². The molecule has 45 heavy (non-hydrogen) atoms. The minimum absolute atomic E-state index is 0.0207. The molecule has 242 valence electrons. The normalized spacial score (nSPS) is 17.2. The second-order valence-electron chi connectivity index (χ2n) is 10.6. The number of hydrogen-bond donors (Lipinski definition) is 4. The smallest absolute Gasteiger partial charge is 0.418 e. The number of carboxylic acid groups (broad SMARTS) is 1. The van der Waals surface area contributed by atoms with E-state index in [-0.39, 0.29) is 10.8 Å². The highest BCUT2D eigenvalue weighted by Gasteiger charge is 2.57. The van der Waals surface area contributed by atoms with E-state index >= 15 is 0 Å². The number of carbonyl (C=O) groups is 3. The first-order valence-corrected chi connectivity index (χ1v) is 15.9. The molecule has 1 saturated heterocycles. The number of nitrogens with zero attached hydrogens (tertiary/aromatic N) is 4. The van der Waals surface area contributed by atoms with E-state index in [2.05, 4.69) is 19.4 Å². The van der Waals surface area contributed by atoms with Crippen LogP contribution in [0.5, 0.6) is 5.75 Å². The number of carboxylic acids is 1. The monoisotopic (exact) mass is 664 g/mol. The molecule has 2 aromatic heterocycles. The number of ether oxygens (including phenoxy) is 1. The maximum absolute atomic E-state index is 13.3. The van der Waals surface area contributed by atoms with Crippen LogP contribution in [0.1, 0.15) is 44.5 Å². The molecule has 1 fully saturated rings. The molecule has 1 aliphatic heterocycles. The van der Waals surface area contributed by atoms with Gasteiger partial charge in [0.15, 0.2) is 16.6 Å². The van der Waals surface area contributed by atoms with Crippen molar-refractivity contribution in [1.29, 1.82) is 0 Å². The number of carbonyl (C=O) groups excluding carboxylic acids is 2. The molecule has 2 unspecified atom stereocenters. The number of unbranched alkanes of at least 4 members (excludes halogenated alkanes) is 1. The zero-order chi connectivity index (χ0) is 32.9. The van der Waals surface area contributed by atoms with Gasteiger partial charge in [-0.1, -0.05) is 11.2 Å². The minimum Gasteiger partial charge on any atom is -0.489 e. The Kier molecular flexibility index (Phi) is 10.3. The third kappa shape index (κ3) is 8.28. The van der Waals surface area contributed by atoms with Gasteiger partial charge in [-0.2, -0.15) is 13.5 Å². The number of anilines is 1. The number of pyridine rings is 1. The highest BCUT2D eigenvalue weighted by Crippen LogP contribution is 2.40. The Morgan fingerprint density at radius 1 is 1.20 bits per heavy atom. The summed E-state index contributed by atoms with van der Waals surface area (Å²) in [6.07, 6.45) is 0.494. The van der Waals surface area contributed by atoms with E-state index in [1.165, 1.54) is 19.2 Å². The second kappa shape index (κ2) is 13.8. The number of β-lactam (4-membered cyclic amide) rings is 1. The van der Waals surface area contributed by atoms with E-state index < -0.39 is 64.4 Å². The molecule has 0 radical (unpaired) electrons. The lowest BCUT2D eigenvalue weighted by atomic mass is 9.74. The third-order valence-corrected chi connectivity index (χ3v) is 8.03. The molecule has 2 atom stereocenters. The van der Waals surface area contributed by atoms with Gasteiger partial charge >= 0.3 is 16.4 Å². The van der Waals surface area contributed by atoms with E-state index in [0.29, 0.717) is 17.4 Å². The third-order valence-electron chi connectivity index (χ3n) is 7.01. The molecule has 18 heteroatoms. The molecule has 4 rings (SSSR count). The Morgan fingerprint density at radius 3 is 2.58 bits per heavy atom. The molecule has 1 aliphatic rings. The van der Waals surface area contributed by atoms with Crippen molar-refractivity contribution < 1.29 is 46.3 Å². The van der Waals surface area contributed by atoms with Crippen molar-refractivity contribution in [2.45, 2.75) is 51.2 Å². The van der Waals surface area contributed by atoms with Crippen LogP contribution in [0.15, 0.2) is 40.9 Å². The first kappa shape index (κ1) is 33.7. The number of Topliss-reactive ketones (excluding diaryl/α,β-unsaturated/α-hetero) is 1. The van der Waals surface area contributed by atoms with Gasteiger partial charge in [0.25, 0.3) is 12.0 Å². The Balaban J connectivity index is 1.46. The Morgan fingerprint density at radius 2 is 1.96 bits per heavy atom. The fraction of sp³-hybridized carbons (Fsp3) is 0.407. The van der Waals surface area contributed by atoms with Gasteiger partial charge in [0.1, 0.15) is 18.1 Å². The van der Waals surface area contributed by atoms with Crippen LogP contribution in [0.25, 0.3) is 10.9 Å². The van der Waals surface area contributed by atoms with Crippen LogP contribution in [-0.4, -0.2) is 81.3 Å². The van der Waals surface area contributed by atoms with Gasteiger partial charge in [0.2, 0.25) is 0 Å². The van der Waals surface area contributed by atoms with Crippen LogP contribution >= 0.6 is 11.3 Å². The van der Waals surface area contributed by atoms with Gasteiger partial charge < -0.3 is 26.1 Å². The van der Waals surface area contributed by atoms with Gasteiger partial charge in [-0.3, -0.25) is 19.1 Å². The van der Waals surface area contributed by atoms with Crippen molar-refractivity contribution in [1.82, 2.24) is 15.0 Å². The van der Waals surface area contributed by atoms with E-state index in [1.807, 2.05) is 12.1 Å². The van der Waals surface area contributed by atoms with Crippen LogP contribution in [-0.2, 0) is 40.3 Å². The Labute approximate surface area is 261 Å². The lowest BCUT2D eigenvalue weighted by molar-refractivity contribution is -0.228. The number of amides is 1. The molecule has 6 N–H and O–H groups in total. The number of aliphatic carboxylic acids is 1.